The van der Waals surface area contributed by atoms with E-state index in [1.807, 2.05) is 36.1 Å². The van der Waals surface area contributed by atoms with Crippen LogP contribution in [0.25, 0.3) is 0 Å². The minimum Gasteiger partial charge on any atom is -0.496 e. The highest BCUT2D eigenvalue weighted by Crippen LogP contribution is 2.26. The van der Waals surface area contributed by atoms with Gasteiger partial charge in [-0.25, -0.2) is 4.98 Å². The van der Waals surface area contributed by atoms with Crippen LogP contribution < -0.4 is 14.4 Å². The molecule has 1 saturated heterocycles. The van der Waals surface area contributed by atoms with E-state index in [-0.39, 0.29) is 0 Å². The monoisotopic (exact) mass is 394 g/mol. The van der Waals surface area contributed by atoms with Crippen LogP contribution in [-0.4, -0.2) is 57.9 Å². The Balaban J connectivity index is 1.38. The number of aromatic nitrogens is 4. The summed E-state index contributed by atoms with van der Waals surface area (Å²) >= 11 is 0. The lowest BCUT2D eigenvalue weighted by Crippen LogP contribution is -2.46. The molecule has 0 bridgehead atoms. The number of methoxy groups -OCH3 is 1. The maximum Gasteiger partial charge on any atom is 0.147 e. The molecule has 0 aliphatic carbocycles. The van der Waals surface area contributed by atoms with E-state index >= 15 is 0 Å². The van der Waals surface area contributed by atoms with Gasteiger partial charge in [0, 0.05) is 63.9 Å². The highest BCUT2D eigenvalue weighted by atomic mass is 16.5. The van der Waals surface area contributed by atoms with Gasteiger partial charge in [0.25, 0.3) is 0 Å². The molecule has 0 unspecified atom stereocenters. The molecule has 4 rings (SSSR count). The third-order valence-corrected chi connectivity index (χ3v) is 5.20. The minimum atomic E-state index is 0.485. The molecule has 152 valence electrons. The van der Waals surface area contributed by atoms with Crippen molar-refractivity contribution in [1.82, 2.24) is 24.6 Å². The fourth-order valence-electron chi connectivity index (χ4n) is 3.50. The first-order valence-corrected chi connectivity index (χ1v) is 9.73. The van der Waals surface area contributed by atoms with Gasteiger partial charge in [-0.3, -0.25) is 14.6 Å². The average molecular weight is 394 g/mol. The van der Waals surface area contributed by atoms with Crippen molar-refractivity contribution in [3.8, 4) is 11.5 Å². The van der Waals surface area contributed by atoms with Crippen LogP contribution in [0.15, 0.2) is 49.1 Å². The summed E-state index contributed by atoms with van der Waals surface area (Å²) in [6.45, 7) is 5.08. The van der Waals surface area contributed by atoms with E-state index in [1.165, 1.54) is 0 Å². The highest BCUT2D eigenvalue weighted by molar-refractivity contribution is 5.41. The van der Waals surface area contributed by atoms with Crippen molar-refractivity contribution in [3.63, 3.8) is 0 Å². The van der Waals surface area contributed by atoms with E-state index in [0.717, 1.165) is 61.3 Å². The zero-order chi connectivity index (χ0) is 20.1. The van der Waals surface area contributed by atoms with Crippen molar-refractivity contribution in [2.75, 3.05) is 38.2 Å². The van der Waals surface area contributed by atoms with Gasteiger partial charge in [-0.2, -0.15) is 5.10 Å². The summed E-state index contributed by atoms with van der Waals surface area (Å²) < 4.78 is 13.4. The molecule has 0 radical (unpaired) electrons. The topological polar surface area (TPSA) is 68.5 Å². The zero-order valence-corrected chi connectivity index (χ0v) is 16.9. The summed E-state index contributed by atoms with van der Waals surface area (Å²) in [5, 5.41) is 4.18. The normalized spacial score (nSPS) is 14.8. The van der Waals surface area contributed by atoms with Gasteiger partial charge in [0.2, 0.25) is 0 Å². The number of anilines is 1. The van der Waals surface area contributed by atoms with Gasteiger partial charge in [0.1, 0.15) is 23.9 Å². The second-order valence-corrected chi connectivity index (χ2v) is 7.04. The predicted molar refractivity (Wildman–Crippen MR) is 110 cm³/mol. The molecule has 0 saturated carbocycles. The second-order valence-electron chi connectivity index (χ2n) is 7.04. The zero-order valence-electron chi connectivity index (χ0n) is 16.9. The first kappa shape index (κ1) is 19.2. The van der Waals surface area contributed by atoms with E-state index in [4.69, 9.17) is 9.47 Å². The van der Waals surface area contributed by atoms with Gasteiger partial charge < -0.3 is 14.4 Å². The van der Waals surface area contributed by atoms with Crippen LogP contribution in [0, 0.1) is 0 Å². The Morgan fingerprint density at radius 1 is 1.03 bits per heavy atom. The van der Waals surface area contributed by atoms with Crippen LogP contribution in [0.3, 0.4) is 0 Å². The molecule has 1 aliphatic rings. The quantitative estimate of drug-likeness (QED) is 0.608. The Kier molecular flexibility index (Phi) is 5.90. The third-order valence-electron chi connectivity index (χ3n) is 5.20. The Morgan fingerprint density at radius 3 is 2.59 bits per heavy atom. The first-order valence-electron chi connectivity index (χ1n) is 9.73. The molecule has 8 heteroatoms. The fourth-order valence-corrected chi connectivity index (χ4v) is 3.50. The molecule has 0 amide bonds. The van der Waals surface area contributed by atoms with Crippen LogP contribution in [0.4, 0.5) is 5.82 Å². The number of hydrogen-bond donors (Lipinski definition) is 0. The summed E-state index contributed by atoms with van der Waals surface area (Å²) in [7, 11) is 3.62. The number of benzene rings is 1. The lowest BCUT2D eigenvalue weighted by molar-refractivity contribution is 0.244. The van der Waals surface area contributed by atoms with Gasteiger partial charge in [-0.05, 0) is 24.3 Å². The Labute approximate surface area is 170 Å². The lowest BCUT2D eigenvalue weighted by atomic mass is 10.1. The Bertz CT molecular complexity index is 922. The van der Waals surface area contributed by atoms with Crippen LogP contribution in [0.1, 0.15) is 11.3 Å². The van der Waals surface area contributed by atoms with Crippen LogP contribution in [0.5, 0.6) is 11.5 Å². The fraction of sp³-hybridized carbons (Fsp3) is 0.381. The number of aryl methyl sites for hydroxylation is 1. The van der Waals surface area contributed by atoms with Crippen molar-refractivity contribution in [3.05, 3.63) is 60.3 Å². The summed E-state index contributed by atoms with van der Waals surface area (Å²) in [5.41, 5.74) is 2.16. The number of ether oxygens (including phenoxy) is 2. The molecule has 3 heterocycles. The Hall–Kier alpha value is -3.13. The molecule has 1 aliphatic heterocycles. The number of hydrogen-bond acceptors (Lipinski definition) is 7. The number of rotatable bonds is 7. The molecule has 1 fully saturated rings. The number of nitrogens with zero attached hydrogens (tertiary/aromatic N) is 6. The standard InChI is InChI=1S/C21H26N6O2/c1-25-18(5-6-24-25)16-29-19-3-4-20(28-2)17(13-19)15-26-9-11-27(12-10-26)21-14-22-7-8-23-21/h3-8,13-14H,9-12,15-16H2,1-2H3. The van der Waals surface area contributed by atoms with Crippen molar-refractivity contribution in [2.24, 2.45) is 7.05 Å². The largest absolute Gasteiger partial charge is 0.496 e. The maximum absolute atomic E-state index is 5.98. The van der Waals surface area contributed by atoms with E-state index < -0.39 is 0 Å². The lowest BCUT2D eigenvalue weighted by Gasteiger charge is -2.35. The van der Waals surface area contributed by atoms with Gasteiger partial charge in [-0.15, -0.1) is 0 Å². The summed E-state index contributed by atoms with van der Waals surface area (Å²) in [5.74, 6) is 2.66. The SMILES string of the molecule is COc1ccc(OCc2ccnn2C)cc1CN1CCN(c2cnccn2)CC1. The van der Waals surface area contributed by atoms with Gasteiger partial charge in [0.15, 0.2) is 0 Å². The Morgan fingerprint density at radius 2 is 1.90 bits per heavy atom. The molecular weight excluding hydrogens is 368 g/mol. The van der Waals surface area contributed by atoms with E-state index in [2.05, 4.69) is 30.9 Å². The van der Waals surface area contributed by atoms with Crippen LogP contribution in [0.2, 0.25) is 0 Å². The minimum absolute atomic E-state index is 0.485. The maximum atomic E-state index is 5.98. The molecule has 1 aromatic carbocycles. The smallest absolute Gasteiger partial charge is 0.147 e. The van der Waals surface area contributed by atoms with Gasteiger partial charge in [0.05, 0.1) is 19.0 Å². The molecule has 0 N–H and O–H groups in total. The van der Waals surface area contributed by atoms with Crippen molar-refractivity contribution in [1.29, 1.82) is 0 Å². The molecule has 3 aromatic rings. The van der Waals surface area contributed by atoms with Gasteiger partial charge in [-0.1, -0.05) is 0 Å². The van der Waals surface area contributed by atoms with Gasteiger partial charge >= 0.3 is 0 Å². The summed E-state index contributed by atoms with van der Waals surface area (Å²) in [6.07, 6.45) is 7.04. The first-order chi connectivity index (χ1) is 14.2. The van der Waals surface area contributed by atoms with Crippen LogP contribution in [-0.2, 0) is 20.2 Å². The summed E-state index contributed by atoms with van der Waals surface area (Å²) in [4.78, 5) is 13.3. The van der Waals surface area contributed by atoms with E-state index in [9.17, 15) is 0 Å². The highest BCUT2D eigenvalue weighted by Gasteiger charge is 2.19. The molecule has 8 nitrogen and oxygen atoms in total. The van der Waals surface area contributed by atoms with Crippen molar-refractivity contribution in [2.45, 2.75) is 13.2 Å². The molecule has 0 spiro atoms. The van der Waals surface area contributed by atoms with E-state index in [0.29, 0.717) is 6.61 Å². The predicted octanol–water partition coefficient (Wildman–Crippen LogP) is 2.12. The van der Waals surface area contributed by atoms with Crippen molar-refractivity contribution >= 4 is 5.82 Å². The molecule has 29 heavy (non-hydrogen) atoms. The molecular formula is C21H26N6O2. The van der Waals surface area contributed by atoms with Crippen molar-refractivity contribution < 1.29 is 9.47 Å². The second kappa shape index (κ2) is 8.91. The number of piperazine rings is 1. The average Bonchev–Trinajstić information content (AvgIpc) is 3.18. The third kappa shape index (κ3) is 4.65. The summed E-state index contributed by atoms with van der Waals surface area (Å²) in [6, 6.07) is 7.96. The van der Waals surface area contributed by atoms with Crippen LogP contribution >= 0.6 is 0 Å². The van der Waals surface area contributed by atoms with E-state index in [1.54, 1.807) is 25.7 Å². The molecule has 2 aromatic heterocycles. The molecule has 0 atom stereocenters.